The zero-order valence-corrected chi connectivity index (χ0v) is 12.2. The van der Waals surface area contributed by atoms with Crippen molar-refractivity contribution in [1.29, 1.82) is 0 Å². The first-order valence-electron chi connectivity index (χ1n) is 6.51. The van der Waals surface area contributed by atoms with Crippen LogP contribution >= 0.6 is 23.2 Å². The van der Waals surface area contributed by atoms with Crippen molar-refractivity contribution in [3.8, 4) is 0 Å². The Bertz CT molecular complexity index is 389. The Morgan fingerprint density at radius 3 is 2.56 bits per heavy atom. The van der Waals surface area contributed by atoms with Crippen LogP contribution in [0.15, 0.2) is 18.2 Å². The zero-order chi connectivity index (χ0) is 13.1. The topological polar surface area (TPSA) is 29.3 Å². The van der Waals surface area contributed by atoms with Crippen LogP contribution in [0.4, 0.5) is 0 Å². The second kappa shape index (κ2) is 6.25. The fraction of sp³-hybridized carbons (Fsp3) is 0.571. The van der Waals surface area contributed by atoms with Gasteiger partial charge in [-0.2, -0.15) is 0 Å². The molecule has 1 aromatic carbocycles. The van der Waals surface area contributed by atoms with Gasteiger partial charge in [0.05, 0.1) is 0 Å². The van der Waals surface area contributed by atoms with Crippen LogP contribution in [0.25, 0.3) is 0 Å². The van der Waals surface area contributed by atoms with Gasteiger partial charge in [0.15, 0.2) is 0 Å². The van der Waals surface area contributed by atoms with Crippen LogP contribution in [-0.4, -0.2) is 24.0 Å². The molecule has 0 amide bonds. The smallest absolute Gasteiger partial charge is 0.0424 e. The van der Waals surface area contributed by atoms with Gasteiger partial charge in [-0.3, -0.25) is 4.90 Å². The Balaban J connectivity index is 2.01. The third kappa shape index (κ3) is 3.61. The average Bonchev–Trinajstić information content (AvgIpc) is 2.30. The summed E-state index contributed by atoms with van der Waals surface area (Å²) < 4.78 is 0. The third-order valence-electron chi connectivity index (χ3n) is 3.73. The molecule has 2 rings (SSSR count). The largest absolute Gasteiger partial charge is 0.327 e. The molecule has 2 unspecified atom stereocenters. The molecule has 1 fully saturated rings. The summed E-state index contributed by atoms with van der Waals surface area (Å²) in [6.45, 7) is 5.25. The van der Waals surface area contributed by atoms with Gasteiger partial charge in [-0.25, -0.2) is 0 Å². The highest BCUT2D eigenvalue weighted by Gasteiger charge is 2.25. The van der Waals surface area contributed by atoms with Gasteiger partial charge in [-0.15, -0.1) is 0 Å². The van der Waals surface area contributed by atoms with Crippen LogP contribution in [0.2, 0.25) is 10.0 Å². The highest BCUT2D eigenvalue weighted by molar-refractivity contribution is 6.34. The van der Waals surface area contributed by atoms with Crippen molar-refractivity contribution in [2.45, 2.75) is 32.4 Å². The van der Waals surface area contributed by atoms with Gasteiger partial charge in [-0.05, 0) is 42.6 Å². The lowest BCUT2D eigenvalue weighted by atomic mass is 9.90. The normalized spacial score (nSPS) is 25.3. The Morgan fingerprint density at radius 2 is 1.94 bits per heavy atom. The summed E-state index contributed by atoms with van der Waals surface area (Å²) in [6.07, 6.45) is 2.22. The van der Waals surface area contributed by atoms with Crippen molar-refractivity contribution < 1.29 is 0 Å². The van der Waals surface area contributed by atoms with Gasteiger partial charge >= 0.3 is 0 Å². The molecule has 1 aliphatic rings. The first kappa shape index (κ1) is 14.1. The molecular formula is C14H20Cl2N2. The van der Waals surface area contributed by atoms with Crippen LogP contribution in [0.5, 0.6) is 0 Å². The number of nitrogens with two attached hydrogens (primary N) is 1. The molecule has 1 heterocycles. The van der Waals surface area contributed by atoms with Crippen molar-refractivity contribution in [1.82, 2.24) is 4.90 Å². The van der Waals surface area contributed by atoms with E-state index < -0.39 is 0 Å². The van der Waals surface area contributed by atoms with Crippen LogP contribution in [-0.2, 0) is 6.54 Å². The summed E-state index contributed by atoms with van der Waals surface area (Å²) in [7, 11) is 0. The average molecular weight is 287 g/mol. The lowest BCUT2D eigenvalue weighted by molar-refractivity contribution is 0.145. The summed E-state index contributed by atoms with van der Waals surface area (Å²) in [6, 6.07) is 6.11. The molecule has 0 saturated carbocycles. The number of halogens is 2. The minimum absolute atomic E-state index is 0.356. The Labute approximate surface area is 119 Å². The molecule has 2 N–H and O–H groups in total. The first-order chi connectivity index (χ1) is 8.58. The molecule has 0 aromatic heterocycles. The van der Waals surface area contributed by atoms with E-state index in [1.165, 1.54) is 5.56 Å². The summed E-state index contributed by atoms with van der Waals surface area (Å²) in [5.74, 6) is 0.605. The molecule has 2 nitrogen and oxygen atoms in total. The minimum atomic E-state index is 0.356. The molecule has 1 aromatic rings. The number of rotatable bonds is 3. The van der Waals surface area contributed by atoms with Gasteiger partial charge < -0.3 is 5.73 Å². The van der Waals surface area contributed by atoms with Crippen molar-refractivity contribution in [2.24, 2.45) is 11.7 Å². The zero-order valence-electron chi connectivity index (χ0n) is 10.7. The van der Waals surface area contributed by atoms with Crippen LogP contribution in [0.1, 0.15) is 25.3 Å². The van der Waals surface area contributed by atoms with E-state index in [2.05, 4.69) is 11.8 Å². The predicted molar refractivity (Wildman–Crippen MR) is 78.1 cm³/mol. The highest BCUT2D eigenvalue weighted by Crippen LogP contribution is 2.23. The summed E-state index contributed by atoms with van der Waals surface area (Å²) in [4.78, 5) is 2.44. The molecule has 0 aliphatic carbocycles. The predicted octanol–water partition coefficient (Wildman–Crippen LogP) is 3.55. The number of benzene rings is 1. The van der Waals surface area contributed by atoms with E-state index in [0.717, 1.165) is 32.5 Å². The standard InChI is InChI=1S/C14H20Cl2N2/c1-2-11-9-18(4-3-14(11)17)8-10-5-12(15)7-13(16)6-10/h5-7,11,14H,2-4,8-9,17H2,1H3. The quantitative estimate of drug-likeness (QED) is 0.921. The fourth-order valence-electron chi connectivity index (χ4n) is 2.66. The van der Waals surface area contributed by atoms with Crippen molar-refractivity contribution in [3.05, 3.63) is 33.8 Å². The van der Waals surface area contributed by atoms with Crippen molar-refractivity contribution in [3.63, 3.8) is 0 Å². The van der Waals surface area contributed by atoms with Crippen molar-refractivity contribution >= 4 is 23.2 Å². The van der Waals surface area contributed by atoms with E-state index in [4.69, 9.17) is 28.9 Å². The van der Waals surface area contributed by atoms with Crippen LogP contribution in [0.3, 0.4) is 0 Å². The second-order valence-electron chi connectivity index (χ2n) is 5.13. The van der Waals surface area contributed by atoms with Gasteiger partial charge in [0, 0.05) is 29.2 Å². The number of hydrogen-bond acceptors (Lipinski definition) is 2. The van der Waals surface area contributed by atoms with E-state index in [-0.39, 0.29) is 0 Å². The van der Waals surface area contributed by atoms with Gasteiger partial charge in [0.1, 0.15) is 0 Å². The summed E-state index contributed by atoms with van der Waals surface area (Å²) >= 11 is 12.0. The van der Waals surface area contributed by atoms with Gasteiger partial charge in [0.25, 0.3) is 0 Å². The first-order valence-corrected chi connectivity index (χ1v) is 7.27. The molecular weight excluding hydrogens is 267 g/mol. The van der Waals surface area contributed by atoms with Crippen molar-refractivity contribution in [2.75, 3.05) is 13.1 Å². The Hall–Kier alpha value is -0.280. The lowest BCUT2D eigenvalue weighted by Crippen LogP contribution is -2.46. The second-order valence-corrected chi connectivity index (χ2v) is 6.01. The maximum atomic E-state index is 6.12. The number of piperidine rings is 1. The fourth-order valence-corrected chi connectivity index (χ4v) is 3.23. The SMILES string of the molecule is CCC1CN(Cc2cc(Cl)cc(Cl)c2)CCC1N. The van der Waals surface area contributed by atoms with E-state index in [1.807, 2.05) is 12.1 Å². The molecule has 1 saturated heterocycles. The molecule has 4 heteroatoms. The molecule has 0 bridgehead atoms. The molecule has 1 aliphatic heterocycles. The molecule has 2 atom stereocenters. The monoisotopic (exact) mass is 286 g/mol. The summed E-state index contributed by atoms with van der Waals surface area (Å²) in [5, 5.41) is 1.41. The number of nitrogens with zero attached hydrogens (tertiary/aromatic N) is 1. The number of hydrogen-bond donors (Lipinski definition) is 1. The minimum Gasteiger partial charge on any atom is -0.327 e. The van der Waals surface area contributed by atoms with E-state index in [0.29, 0.717) is 22.0 Å². The highest BCUT2D eigenvalue weighted by atomic mass is 35.5. The van der Waals surface area contributed by atoms with Crippen LogP contribution < -0.4 is 5.73 Å². The molecule has 100 valence electrons. The third-order valence-corrected chi connectivity index (χ3v) is 4.17. The van der Waals surface area contributed by atoms with E-state index in [9.17, 15) is 0 Å². The van der Waals surface area contributed by atoms with E-state index >= 15 is 0 Å². The lowest BCUT2D eigenvalue weighted by Gasteiger charge is -2.36. The molecule has 0 radical (unpaired) electrons. The van der Waals surface area contributed by atoms with Gasteiger partial charge in [-0.1, -0.05) is 36.5 Å². The Morgan fingerprint density at radius 1 is 1.28 bits per heavy atom. The Kier molecular flexibility index (Phi) is 4.91. The van der Waals surface area contributed by atoms with Gasteiger partial charge in [0.2, 0.25) is 0 Å². The van der Waals surface area contributed by atoms with Crippen LogP contribution in [0, 0.1) is 5.92 Å². The van der Waals surface area contributed by atoms with E-state index in [1.54, 1.807) is 6.07 Å². The summed E-state index contributed by atoms with van der Waals surface area (Å²) in [5.41, 5.74) is 7.30. The maximum Gasteiger partial charge on any atom is 0.0424 e. The molecule has 0 spiro atoms. The maximum absolute atomic E-state index is 6.12. The number of likely N-dealkylation sites (tertiary alicyclic amines) is 1. The molecule has 18 heavy (non-hydrogen) atoms.